The summed E-state index contributed by atoms with van der Waals surface area (Å²) in [6, 6.07) is 9.29. The quantitative estimate of drug-likeness (QED) is 0.551. The molecule has 3 atom stereocenters. The Morgan fingerprint density at radius 3 is 2.88 bits per heavy atom. The summed E-state index contributed by atoms with van der Waals surface area (Å²) in [5.41, 5.74) is 11.4. The summed E-state index contributed by atoms with van der Waals surface area (Å²) in [6.07, 6.45) is 3.57. The van der Waals surface area contributed by atoms with Gasteiger partial charge in [0.15, 0.2) is 5.11 Å². The normalized spacial score (nSPS) is 29.3. The van der Waals surface area contributed by atoms with Gasteiger partial charge in [0.2, 0.25) is 0 Å². The van der Waals surface area contributed by atoms with Crippen LogP contribution >= 0.6 is 12.2 Å². The molecule has 0 amide bonds. The first-order valence-electron chi connectivity index (χ1n) is 8.84. The summed E-state index contributed by atoms with van der Waals surface area (Å²) in [5.74, 6) is 0.959. The Morgan fingerprint density at radius 1 is 1.25 bits per heavy atom. The lowest BCUT2D eigenvalue weighted by molar-refractivity contribution is 0.0561. The van der Waals surface area contributed by atoms with E-state index in [-0.39, 0.29) is 6.17 Å². The predicted molar refractivity (Wildman–Crippen MR) is 97.2 cm³/mol. The zero-order valence-electron chi connectivity index (χ0n) is 14.0. The largest absolute Gasteiger partial charge is 0.494 e. The molecule has 7 heteroatoms. The summed E-state index contributed by atoms with van der Waals surface area (Å²) in [4.78, 5) is 2.26. The fraction of sp³-hybridized carbons (Fsp3) is 0.588. The second-order valence-electron chi connectivity index (χ2n) is 6.66. The van der Waals surface area contributed by atoms with E-state index >= 15 is 0 Å². The van der Waals surface area contributed by atoms with Gasteiger partial charge in [-0.1, -0.05) is 25.5 Å². The van der Waals surface area contributed by atoms with Crippen LogP contribution in [0.5, 0.6) is 5.75 Å². The Labute approximate surface area is 148 Å². The van der Waals surface area contributed by atoms with E-state index in [1.807, 2.05) is 0 Å². The molecule has 3 heterocycles. The van der Waals surface area contributed by atoms with Crippen molar-refractivity contribution in [2.75, 3.05) is 19.7 Å². The number of unbranched alkanes of at least 4 members (excludes halogenated alkanes) is 1. The Bertz CT molecular complexity index is 595. The lowest BCUT2D eigenvalue weighted by atomic mass is 9.99. The average Bonchev–Trinajstić information content (AvgIpc) is 3.19. The molecule has 3 saturated heterocycles. The fourth-order valence-corrected chi connectivity index (χ4v) is 4.02. The van der Waals surface area contributed by atoms with Crippen LogP contribution in [0.25, 0.3) is 0 Å². The molecule has 6 nitrogen and oxygen atoms in total. The van der Waals surface area contributed by atoms with Crippen LogP contribution < -0.4 is 21.0 Å². The van der Waals surface area contributed by atoms with E-state index in [9.17, 15) is 0 Å². The van der Waals surface area contributed by atoms with E-state index in [0.29, 0.717) is 12.1 Å². The molecule has 0 aromatic heterocycles. The van der Waals surface area contributed by atoms with Crippen molar-refractivity contribution in [3.63, 3.8) is 0 Å². The van der Waals surface area contributed by atoms with Gasteiger partial charge in [0.25, 0.3) is 0 Å². The highest BCUT2D eigenvalue weighted by Crippen LogP contribution is 2.33. The third-order valence-electron chi connectivity index (χ3n) is 5.12. The number of nitrogens with zero attached hydrogens (tertiary/aromatic N) is 2. The SMILES string of the molecule is CCCCOc1ccc(C2CC3C4NNC(=S)N4CCN3N2)cc1. The highest BCUT2D eigenvalue weighted by atomic mass is 32.1. The Morgan fingerprint density at radius 2 is 2.08 bits per heavy atom. The first-order valence-corrected chi connectivity index (χ1v) is 9.25. The number of hydrogen-bond acceptors (Lipinski definition) is 5. The lowest BCUT2D eigenvalue weighted by Gasteiger charge is -2.39. The van der Waals surface area contributed by atoms with Gasteiger partial charge in [0.05, 0.1) is 12.6 Å². The Kier molecular flexibility index (Phi) is 4.58. The maximum Gasteiger partial charge on any atom is 0.184 e. The van der Waals surface area contributed by atoms with Gasteiger partial charge in [-0.05, 0) is 42.8 Å². The molecular formula is C17H25N5OS. The molecule has 3 N–H and O–H groups in total. The number of thiocarbonyl (C=S) groups is 1. The highest BCUT2D eigenvalue weighted by Gasteiger charge is 2.46. The Balaban J connectivity index is 1.40. The molecule has 0 bridgehead atoms. The number of hydrogen-bond donors (Lipinski definition) is 3. The predicted octanol–water partition coefficient (Wildman–Crippen LogP) is 1.52. The van der Waals surface area contributed by atoms with Crippen molar-refractivity contribution in [2.24, 2.45) is 0 Å². The minimum atomic E-state index is 0.250. The number of ether oxygens (including phenoxy) is 1. The van der Waals surface area contributed by atoms with Crippen LogP contribution in [-0.2, 0) is 0 Å². The summed E-state index contributed by atoms with van der Waals surface area (Å²) in [5, 5.41) is 3.18. The minimum absolute atomic E-state index is 0.250. The van der Waals surface area contributed by atoms with Crippen molar-refractivity contribution in [1.82, 2.24) is 26.2 Å². The van der Waals surface area contributed by atoms with Crippen LogP contribution in [0.4, 0.5) is 0 Å². The molecule has 0 aliphatic carbocycles. The summed E-state index contributed by atoms with van der Waals surface area (Å²) in [6.45, 7) is 4.91. The van der Waals surface area contributed by atoms with Gasteiger partial charge in [0, 0.05) is 19.1 Å². The second-order valence-corrected chi connectivity index (χ2v) is 7.05. The highest BCUT2D eigenvalue weighted by molar-refractivity contribution is 7.80. The van der Waals surface area contributed by atoms with Crippen molar-refractivity contribution in [3.8, 4) is 5.75 Å². The third kappa shape index (κ3) is 2.97. The molecule has 3 aliphatic heterocycles. The van der Waals surface area contributed by atoms with Gasteiger partial charge in [-0.2, -0.15) is 0 Å². The van der Waals surface area contributed by atoms with E-state index in [4.69, 9.17) is 17.0 Å². The molecule has 1 aromatic carbocycles. The van der Waals surface area contributed by atoms with E-state index in [1.54, 1.807) is 0 Å². The maximum atomic E-state index is 5.76. The number of hydrazine groups is 2. The molecule has 4 rings (SSSR count). The number of rotatable bonds is 5. The van der Waals surface area contributed by atoms with Gasteiger partial charge < -0.3 is 9.64 Å². The topological polar surface area (TPSA) is 51.8 Å². The average molecular weight is 347 g/mol. The minimum Gasteiger partial charge on any atom is -0.494 e. The molecule has 24 heavy (non-hydrogen) atoms. The fourth-order valence-electron chi connectivity index (χ4n) is 3.76. The first kappa shape index (κ1) is 16.1. The lowest BCUT2D eigenvalue weighted by Crippen LogP contribution is -2.60. The molecule has 0 saturated carbocycles. The van der Waals surface area contributed by atoms with Crippen LogP contribution in [-0.4, -0.2) is 46.9 Å². The van der Waals surface area contributed by atoms with Crippen molar-refractivity contribution >= 4 is 17.3 Å². The third-order valence-corrected chi connectivity index (χ3v) is 5.45. The monoisotopic (exact) mass is 347 g/mol. The number of fused-ring (bicyclic) bond motifs is 3. The summed E-state index contributed by atoms with van der Waals surface area (Å²) >= 11 is 5.36. The molecule has 3 fully saturated rings. The van der Waals surface area contributed by atoms with Gasteiger partial charge in [-0.15, -0.1) is 0 Å². The van der Waals surface area contributed by atoms with E-state index in [0.717, 1.165) is 49.8 Å². The smallest absolute Gasteiger partial charge is 0.184 e. The van der Waals surface area contributed by atoms with Crippen LogP contribution in [0, 0.1) is 0 Å². The number of nitrogens with one attached hydrogen (secondary N) is 3. The zero-order valence-corrected chi connectivity index (χ0v) is 14.8. The maximum absolute atomic E-state index is 5.76. The van der Waals surface area contributed by atoms with Crippen molar-refractivity contribution in [2.45, 2.75) is 44.4 Å². The van der Waals surface area contributed by atoms with E-state index in [1.165, 1.54) is 5.56 Å². The van der Waals surface area contributed by atoms with Crippen molar-refractivity contribution in [1.29, 1.82) is 0 Å². The molecule has 3 aliphatic rings. The zero-order chi connectivity index (χ0) is 16.5. The van der Waals surface area contributed by atoms with Gasteiger partial charge >= 0.3 is 0 Å². The van der Waals surface area contributed by atoms with E-state index in [2.05, 4.69) is 57.4 Å². The Hall–Kier alpha value is -1.41. The van der Waals surface area contributed by atoms with Crippen molar-refractivity contribution < 1.29 is 4.74 Å². The van der Waals surface area contributed by atoms with E-state index < -0.39 is 0 Å². The van der Waals surface area contributed by atoms with Gasteiger partial charge in [-0.25, -0.2) is 15.9 Å². The first-order chi connectivity index (χ1) is 11.8. The number of benzene rings is 1. The number of piperazine rings is 1. The molecule has 130 valence electrons. The molecule has 1 aromatic rings. The molecule has 0 spiro atoms. The molecule has 3 unspecified atom stereocenters. The second kappa shape index (κ2) is 6.84. The summed E-state index contributed by atoms with van der Waals surface area (Å²) < 4.78 is 5.76. The summed E-state index contributed by atoms with van der Waals surface area (Å²) in [7, 11) is 0. The van der Waals surface area contributed by atoms with Crippen LogP contribution in [0.15, 0.2) is 24.3 Å². The van der Waals surface area contributed by atoms with Gasteiger partial charge in [0.1, 0.15) is 11.9 Å². The van der Waals surface area contributed by atoms with Gasteiger partial charge in [-0.3, -0.25) is 5.43 Å². The molecule has 0 radical (unpaired) electrons. The standard InChI is InChI=1S/C17H25N5OS/c1-2-3-10-23-13-6-4-12(5-7-13)14-11-15-16-18-19-17(24)21(16)8-9-22(15)20-14/h4-7,14-16,18,20H,2-3,8-11H2,1H3,(H,19,24). The van der Waals surface area contributed by atoms with Crippen LogP contribution in [0.1, 0.15) is 37.8 Å². The van der Waals surface area contributed by atoms with Crippen molar-refractivity contribution in [3.05, 3.63) is 29.8 Å². The van der Waals surface area contributed by atoms with Crippen LogP contribution in [0.2, 0.25) is 0 Å². The van der Waals surface area contributed by atoms with Crippen LogP contribution in [0.3, 0.4) is 0 Å². The molecular weight excluding hydrogens is 322 g/mol.